The molecule has 8 nitrogen and oxygen atoms in total. The van der Waals surface area contributed by atoms with Gasteiger partial charge in [-0.05, 0) is 99.4 Å². The first-order valence-electron chi connectivity index (χ1n) is 16.7. The van der Waals surface area contributed by atoms with Crippen LogP contribution >= 0.6 is 0 Å². The van der Waals surface area contributed by atoms with Crippen LogP contribution in [0, 0.1) is 5.95 Å². The number of pyridine rings is 1. The summed E-state index contributed by atoms with van der Waals surface area (Å²) in [5, 5.41) is 7.73. The summed E-state index contributed by atoms with van der Waals surface area (Å²) in [6.07, 6.45) is -0.988. The van der Waals surface area contributed by atoms with Gasteiger partial charge in [0.25, 0.3) is 0 Å². The first kappa shape index (κ1) is 34.4. The van der Waals surface area contributed by atoms with Crippen LogP contribution in [0.3, 0.4) is 0 Å². The third-order valence-electron chi connectivity index (χ3n) is 8.73. The number of amides is 1. The average molecular weight is 680 g/mol. The Morgan fingerprint density at radius 3 is 2.33 bits per heavy atom. The van der Waals surface area contributed by atoms with E-state index >= 15 is 4.39 Å². The highest BCUT2D eigenvalue weighted by Crippen LogP contribution is 2.40. The minimum Gasteiger partial charge on any atom is -0.444 e. The van der Waals surface area contributed by atoms with Gasteiger partial charge in [-0.25, -0.2) is 14.5 Å². The van der Waals surface area contributed by atoms with Crippen LogP contribution in [0.2, 0.25) is 0 Å². The Kier molecular flexibility index (Phi) is 9.96. The summed E-state index contributed by atoms with van der Waals surface area (Å²) < 4.78 is 70.9. The highest BCUT2D eigenvalue weighted by Gasteiger charge is 2.32. The number of hydrogen-bond donors (Lipinski definition) is 1. The summed E-state index contributed by atoms with van der Waals surface area (Å²) in [6.45, 7) is 7.10. The summed E-state index contributed by atoms with van der Waals surface area (Å²) in [5.74, 6) is -0.149. The molecule has 260 valence electrons. The number of rotatable bonds is 7. The molecule has 1 unspecified atom stereocenters. The molecule has 2 fully saturated rings. The van der Waals surface area contributed by atoms with Crippen LogP contribution in [-0.2, 0) is 9.47 Å². The van der Waals surface area contributed by atoms with E-state index in [1.807, 2.05) is 20.8 Å². The van der Waals surface area contributed by atoms with Crippen molar-refractivity contribution in [2.24, 2.45) is 0 Å². The molecule has 0 spiro atoms. The van der Waals surface area contributed by atoms with E-state index in [4.69, 9.17) is 9.47 Å². The largest absolute Gasteiger partial charge is 0.444 e. The third-order valence-corrected chi connectivity index (χ3v) is 8.73. The number of carbonyl (C=O) groups excluding carboxylic acids is 1. The summed E-state index contributed by atoms with van der Waals surface area (Å²) in [4.78, 5) is 18.8. The van der Waals surface area contributed by atoms with Crippen LogP contribution in [0.5, 0.6) is 0 Å². The van der Waals surface area contributed by atoms with Gasteiger partial charge in [0.1, 0.15) is 11.4 Å². The van der Waals surface area contributed by atoms with Gasteiger partial charge in [0, 0.05) is 37.5 Å². The number of piperidine rings is 1. The maximum Gasteiger partial charge on any atom is 0.410 e. The smallest absolute Gasteiger partial charge is 0.410 e. The number of alkyl halides is 3. The molecule has 0 bridgehead atoms. The molecule has 2 saturated heterocycles. The van der Waals surface area contributed by atoms with Crippen LogP contribution < -0.4 is 5.32 Å². The summed E-state index contributed by atoms with van der Waals surface area (Å²) in [7, 11) is 0. The molecular formula is C37H41F4N5O3. The highest BCUT2D eigenvalue weighted by atomic mass is 19.4. The second-order valence-corrected chi connectivity index (χ2v) is 13.6. The highest BCUT2D eigenvalue weighted by molar-refractivity contribution is 6.00. The molecule has 1 amide bonds. The van der Waals surface area contributed by atoms with Gasteiger partial charge in [-0.1, -0.05) is 36.4 Å². The summed E-state index contributed by atoms with van der Waals surface area (Å²) >= 11 is 0. The molecule has 4 heterocycles. The molecule has 1 atom stereocenters. The number of carbonyl (C=O) groups is 1. The zero-order chi connectivity index (χ0) is 34.8. The number of allylic oxidation sites excluding steroid dienone is 1. The maximum absolute atomic E-state index is 15.4. The van der Waals surface area contributed by atoms with Crippen molar-refractivity contribution >= 4 is 34.0 Å². The lowest BCUT2D eigenvalue weighted by molar-refractivity contribution is -0.122. The second-order valence-electron chi connectivity index (χ2n) is 13.6. The van der Waals surface area contributed by atoms with E-state index in [1.54, 1.807) is 71.8 Å². The normalized spacial score (nSPS) is 18.3. The summed E-state index contributed by atoms with van der Waals surface area (Å²) in [5.41, 5.74) is 1.56. The van der Waals surface area contributed by atoms with E-state index in [-0.39, 0.29) is 23.1 Å². The number of nitrogens with one attached hydrogen (secondary N) is 1. The number of anilines is 1. The number of ether oxygens (including phenoxy) is 2. The van der Waals surface area contributed by atoms with Crippen LogP contribution in [0.25, 0.3) is 22.0 Å². The topological polar surface area (TPSA) is 81.5 Å². The van der Waals surface area contributed by atoms with Crippen LogP contribution in [0.15, 0.2) is 66.9 Å². The Labute approximate surface area is 283 Å². The fourth-order valence-corrected chi connectivity index (χ4v) is 6.45. The Morgan fingerprint density at radius 2 is 1.69 bits per heavy atom. The van der Waals surface area contributed by atoms with Crippen molar-refractivity contribution in [1.82, 2.24) is 19.7 Å². The zero-order valence-electron chi connectivity index (χ0n) is 27.9. The van der Waals surface area contributed by atoms with E-state index in [9.17, 15) is 18.0 Å². The quantitative estimate of drug-likeness (QED) is 0.155. The minimum atomic E-state index is -4.52. The molecule has 0 aliphatic carbocycles. The van der Waals surface area contributed by atoms with E-state index in [2.05, 4.69) is 15.4 Å². The van der Waals surface area contributed by atoms with Crippen LogP contribution in [0.1, 0.15) is 82.2 Å². The molecule has 49 heavy (non-hydrogen) atoms. The number of fused-ring (bicyclic) bond motifs is 1. The number of benzene rings is 2. The van der Waals surface area contributed by atoms with Gasteiger partial charge < -0.3 is 19.7 Å². The molecule has 1 N–H and O–H groups in total. The van der Waals surface area contributed by atoms with Crippen molar-refractivity contribution in [3.63, 3.8) is 0 Å². The SMILES string of the molecule is CC(C)(C)OC(=O)N1CCC(Nc2ccc(C(=C(CC(F)(F)F)c3ccccc3)c3ccc4c(c3)c(F)nn4C3CCCCO3)cn2)CC1. The Hall–Kier alpha value is -4.45. The number of nitrogens with zero attached hydrogens (tertiary/aromatic N) is 4. The fraction of sp³-hybridized carbons (Fsp3) is 0.432. The fourth-order valence-electron chi connectivity index (χ4n) is 6.45. The van der Waals surface area contributed by atoms with E-state index in [0.717, 1.165) is 12.8 Å². The molecule has 0 saturated carbocycles. The van der Waals surface area contributed by atoms with Gasteiger partial charge in [-0.2, -0.15) is 17.6 Å². The van der Waals surface area contributed by atoms with Crippen molar-refractivity contribution in [2.75, 3.05) is 25.0 Å². The first-order valence-corrected chi connectivity index (χ1v) is 16.7. The second kappa shape index (κ2) is 14.2. The van der Waals surface area contributed by atoms with Crippen molar-refractivity contribution in [3.8, 4) is 0 Å². The van der Waals surface area contributed by atoms with Gasteiger partial charge in [-0.15, -0.1) is 5.10 Å². The molecule has 6 rings (SSSR count). The van der Waals surface area contributed by atoms with E-state index in [0.29, 0.717) is 72.6 Å². The molecule has 2 aromatic heterocycles. The molecule has 12 heteroatoms. The molecule has 0 radical (unpaired) electrons. The predicted octanol–water partition coefficient (Wildman–Crippen LogP) is 8.99. The lowest BCUT2D eigenvalue weighted by atomic mass is 9.88. The molecular weight excluding hydrogens is 638 g/mol. The van der Waals surface area contributed by atoms with Crippen LogP contribution in [-0.4, -0.2) is 63.3 Å². The van der Waals surface area contributed by atoms with Gasteiger partial charge in [-0.3, -0.25) is 0 Å². The van der Waals surface area contributed by atoms with Gasteiger partial charge in [0.15, 0.2) is 6.23 Å². The molecule has 2 aliphatic rings. The maximum atomic E-state index is 15.4. The average Bonchev–Trinajstić information content (AvgIpc) is 3.40. The Balaban J connectivity index is 1.33. The minimum absolute atomic E-state index is 0.0484. The Morgan fingerprint density at radius 1 is 0.959 bits per heavy atom. The summed E-state index contributed by atoms with van der Waals surface area (Å²) in [6, 6.07) is 16.9. The monoisotopic (exact) mass is 679 g/mol. The lowest BCUT2D eigenvalue weighted by Gasteiger charge is -2.33. The van der Waals surface area contributed by atoms with Crippen molar-refractivity contribution < 1.29 is 31.8 Å². The zero-order valence-corrected chi connectivity index (χ0v) is 27.9. The van der Waals surface area contributed by atoms with Gasteiger partial charge in [0.2, 0.25) is 5.95 Å². The van der Waals surface area contributed by atoms with Crippen molar-refractivity contribution in [1.29, 1.82) is 0 Å². The van der Waals surface area contributed by atoms with Crippen molar-refractivity contribution in [2.45, 2.75) is 83.3 Å². The van der Waals surface area contributed by atoms with E-state index < -0.39 is 30.4 Å². The lowest BCUT2D eigenvalue weighted by Crippen LogP contribution is -2.44. The number of aromatic nitrogens is 3. The Bertz CT molecular complexity index is 1790. The molecule has 2 aromatic carbocycles. The molecule has 4 aromatic rings. The third kappa shape index (κ3) is 8.41. The number of halogens is 4. The first-order chi connectivity index (χ1) is 23.3. The van der Waals surface area contributed by atoms with Crippen LogP contribution in [0.4, 0.5) is 28.2 Å². The van der Waals surface area contributed by atoms with Crippen molar-refractivity contribution in [3.05, 3.63) is 89.5 Å². The standard InChI is InChI=1S/C37H41F4N5O3/c1-36(2,3)49-35(47)45-18-16-27(17-19-45)43-31-15-13-26(23-42-31)33(29(22-37(39,40)41)24-9-5-4-6-10-24)25-12-14-30-28(21-25)34(38)44-46(30)32-11-7-8-20-48-32/h4-6,9-10,12-15,21,23,27,32H,7-8,11,16-20,22H2,1-3H3,(H,42,43). The van der Waals surface area contributed by atoms with Gasteiger partial charge in [0.05, 0.1) is 17.3 Å². The predicted molar refractivity (Wildman–Crippen MR) is 180 cm³/mol. The number of likely N-dealkylation sites (tertiary alicyclic amines) is 1. The number of hydrogen-bond acceptors (Lipinski definition) is 6. The van der Waals surface area contributed by atoms with Gasteiger partial charge >= 0.3 is 12.3 Å². The molecule has 2 aliphatic heterocycles. The van der Waals surface area contributed by atoms with E-state index in [1.165, 1.54) is 4.68 Å².